The van der Waals surface area contributed by atoms with Crippen LogP contribution in [0.25, 0.3) is 0 Å². The van der Waals surface area contributed by atoms with E-state index in [9.17, 15) is 18.4 Å². The Bertz CT molecular complexity index is 793. The highest BCUT2D eigenvalue weighted by molar-refractivity contribution is 5.97. The molecular weight excluding hydrogens is 318 g/mol. The predicted molar refractivity (Wildman–Crippen MR) is 84.8 cm³/mol. The van der Waals surface area contributed by atoms with Crippen molar-refractivity contribution in [3.8, 4) is 5.75 Å². The Morgan fingerprint density at radius 2 is 1.83 bits per heavy atom. The molecule has 0 saturated heterocycles. The fourth-order valence-electron chi connectivity index (χ4n) is 1.99. The largest absolute Gasteiger partial charge is 0.480 e. The molecule has 0 fully saturated rings. The molecule has 2 rings (SSSR count). The van der Waals surface area contributed by atoms with E-state index in [1.807, 2.05) is 0 Å². The molecule has 0 aromatic heterocycles. The van der Waals surface area contributed by atoms with Gasteiger partial charge < -0.3 is 15.8 Å². The molecule has 0 spiro atoms. The van der Waals surface area contributed by atoms with Crippen molar-refractivity contribution in [3.05, 3.63) is 59.2 Å². The third-order valence-corrected chi connectivity index (χ3v) is 3.26. The normalized spacial score (nSPS) is 11.7. The molecule has 1 atom stereocenters. The van der Waals surface area contributed by atoms with Gasteiger partial charge in [-0.1, -0.05) is 6.07 Å². The molecule has 0 aliphatic rings. The van der Waals surface area contributed by atoms with Crippen LogP contribution in [0.4, 0.5) is 14.5 Å². The molecule has 5 nitrogen and oxygen atoms in total. The number of hydrogen-bond donors (Lipinski definition) is 2. The maximum Gasteiger partial charge on any atom is 0.265 e. The van der Waals surface area contributed by atoms with Crippen molar-refractivity contribution in [1.82, 2.24) is 0 Å². The Labute approximate surface area is 137 Å². The van der Waals surface area contributed by atoms with Crippen molar-refractivity contribution in [2.75, 3.05) is 5.32 Å². The minimum absolute atomic E-state index is 0.0914. The highest BCUT2D eigenvalue weighted by Gasteiger charge is 2.19. The molecule has 0 heterocycles. The molecule has 2 amide bonds. The zero-order valence-corrected chi connectivity index (χ0v) is 13.1. The van der Waals surface area contributed by atoms with Gasteiger partial charge in [0, 0.05) is 11.8 Å². The Morgan fingerprint density at radius 1 is 1.12 bits per heavy atom. The van der Waals surface area contributed by atoms with Gasteiger partial charge in [-0.2, -0.15) is 0 Å². The number of rotatable bonds is 5. The highest BCUT2D eigenvalue weighted by atomic mass is 19.2. The van der Waals surface area contributed by atoms with E-state index in [2.05, 4.69) is 5.32 Å². The molecule has 0 radical (unpaired) electrons. The maximum absolute atomic E-state index is 13.2. The van der Waals surface area contributed by atoms with Crippen molar-refractivity contribution < 1.29 is 23.1 Å². The number of amides is 2. The Balaban J connectivity index is 2.13. The number of aryl methyl sites for hydroxylation is 1. The summed E-state index contributed by atoms with van der Waals surface area (Å²) in [5.74, 6) is -3.18. The van der Waals surface area contributed by atoms with Crippen molar-refractivity contribution in [1.29, 1.82) is 0 Å². The summed E-state index contributed by atoms with van der Waals surface area (Å²) in [6.07, 6.45) is -0.988. The molecule has 0 saturated carbocycles. The first kappa shape index (κ1) is 17.4. The van der Waals surface area contributed by atoms with Gasteiger partial charge >= 0.3 is 0 Å². The third kappa shape index (κ3) is 4.07. The molecule has 24 heavy (non-hydrogen) atoms. The zero-order valence-electron chi connectivity index (χ0n) is 13.1. The second-order valence-corrected chi connectivity index (χ2v) is 5.24. The van der Waals surface area contributed by atoms with Crippen LogP contribution < -0.4 is 15.8 Å². The van der Waals surface area contributed by atoms with Crippen LogP contribution in [-0.2, 0) is 4.79 Å². The van der Waals surface area contributed by atoms with Crippen LogP contribution in [-0.4, -0.2) is 17.9 Å². The van der Waals surface area contributed by atoms with Gasteiger partial charge in [0.25, 0.3) is 11.8 Å². The van der Waals surface area contributed by atoms with Crippen molar-refractivity contribution >= 4 is 17.5 Å². The predicted octanol–water partition coefficient (Wildman–Crippen LogP) is 2.78. The standard InChI is InChI=1S/C17H16F2N2O3/c1-9-3-5-12(16(20)22)15(7-9)24-10(2)17(23)21-11-4-6-13(18)14(19)8-11/h3-8,10H,1-2H3,(H2,20,22)(H,21,23). The van der Waals surface area contributed by atoms with Crippen molar-refractivity contribution in [2.24, 2.45) is 5.73 Å². The molecule has 0 aliphatic carbocycles. The summed E-state index contributed by atoms with van der Waals surface area (Å²) in [7, 11) is 0. The number of carbonyl (C=O) groups excluding carboxylic acids is 2. The van der Waals surface area contributed by atoms with Gasteiger partial charge in [0.1, 0.15) is 5.75 Å². The summed E-state index contributed by atoms with van der Waals surface area (Å²) >= 11 is 0. The summed E-state index contributed by atoms with van der Waals surface area (Å²) in [4.78, 5) is 23.5. The monoisotopic (exact) mass is 334 g/mol. The van der Waals surface area contributed by atoms with Crippen LogP contribution in [0.1, 0.15) is 22.8 Å². The molecule has 126 valence electrons. The third-order valence-electron chi connectivity index (χ3n) is 3.26. The summed E-state index contributed by atoms with van der Waals surface area (Å²) < 4.78 is 31.5. The van der Waals surface area contributed by atoms with E-state index in [-0.39, 0.29) is 17.0 Å². The molecule has 2 aromatic rings. The number of anilines is 1. The zero-order chi connectivity index (χ0) is 17.9. The lowest BCUT2D eigenvalue weighted by atomic mass is 10.1. The Kier molecular flexibility index (Phi) is 5.13. The number of hydrogen-bond acceptors (Lipinski definition) is 3. The number of nitrogens with one attached hydrogen (secondary N) is 1. The first-order valence-corrected chi connectivity index (χ1v) is 7.11. The van der Waals surface area contributed by atoms with Gasteiger partial charge in [-0.15, -0.1) is 0 Å². The van der Waals surface area contributed by atoms with Crippen LogP contribution >= 0.6 is 0 Å². The van der Waals surface area contributed by atoms with Gasteiger partial charge in [0.15, 0.2) is 17.7 Å². The van der Waals surface area contributed by atoms with Crippen LogP contribution in [0.5, 0.6) is 5.75 Å². The number of halogens is 2. The summed E-state index contributed by atoms with van der Waals surface area (Å²) in [6, 6.07) is 7.78. The fourth-order valence-corrected chi connectivity index (χ4v) is 1.99. The molecular formula is C17H16F2N2O3. The van der Waals surface area contributed by atoms with Crippen LogP contribution in [0.15, 0.2) is 36.4 Å². The molecule has 1 unspecified atom stereocenters. The van der Waals surface area contributed by atoms with E-state index in [1.165, 1.54) is 19.1 Å². The van der Waals surface area contributed by atoms with E-state index in [0.717, 1.165) is 17.7 Å². The maximum atomic E-state index is 13.2. The first-order chi connectivity index (χ1) is 11.3. The van der Waals surface area contributed by atoms with Crippen molar-refractivity contribution in [2.45, 2.75) is 20.0 Å². The number of primary amides is 1. The van der Waals surface area contributed by atoms with E-state index >= 15 is 0 Å². The van der Waals surface area contributed by atoms with Crippen LogP contribution in [0.3, 0.4) is 0 Å². The second kappa shape index (κ2) is 7.08. The van der Waals surface area contributed by atoms with Gasteiger partial charge in [-0.25, -0.2) is 8.78 Å². The molecule has 2 aromatic carbocycles. The second-order valence-electron chi connectivity index (χ2n) is 5.24. The van der Waals surface area contributed by atoms with E-state index in [0.29, 0.717) is 0 Å². The van der Waals surface area contributed by atoms with Gasteiger partial charge in [0.05, 0.1) is 5.56 Å². The number of nitrogens with two attached hydrogens (primary N) is 1. The minimum Gasteiger partial charge on any atom is -0.480 e. The topological polar surface area (TPSA) is 81.4 Å². The average Bonchev–Trinajstić information content (AvgIpc) is 2.50. The molecule has 3 N–H and O–H groups in total. The Morgan fingerprint density at radius 3 is 2.46 bits per heavy atom. The van der Waals surface area contributed by atoms with Gasteiger partial charge in [-0.05, 0) is 43.7 Å². The molecule has 7 heteroatoms. The van der Waals surface area contributed by atoms with E-state index in [1.54, 1.807) is 19.1 Å². The van der Waals surface area contributed by atoms with Gasteiger partial charge in [-0.3, -0.25) is 9.59 Å². The minimum atomic E-state index is -1.07. The quantitative estimate of drug-likeness (QED) is 0.882. The molecule has 0 aliphatic heterocycles. The van der Waals surface area contributed by atoms with E-state index < -0.39 is 29.6 Å². The summed E-state index contributed by atoms with van der Waals surface area (Å²) in [5.41, 5.74) is 6.33. The number of ether oxygens (including phenoxy) is 1. The average molecular weight is 334 g/mol. The molecule has 0 bridgehead atoms. The lowest BCUT2D eigenvalue weighted by Gasteiger charge is -2.17. The van der Waals surface area contributed by atoms with Crippen molar-refractivity contribution in [3.63, 3.8) is 0 Å². The summed E-state index contributed by atoms with van der Waals surface area (Å²) in [6.45, 7) is 3.26. The smallest absolute Gasteiger partial charge is 0.265 e. The lowest BCUT2D eigenvalue weighted by Crippen LogP contribution is -2.31. The van der Waals surface area contributed by atoms with E-state index in [4.69, 9.17) is 10.5 Å². The highest BCUT2D eigenvalue weighted by Crippen LogP contribution is 2.22. The van der Waals surface area contributed by atoms with Crippen LogP contribution in [0.2, 0.25) is 0 Å². The lowest BCUT2D eigenvalue weighted by molar-refractivity contribution is -0.122. The number of carbonyl (C=O) groups is 2. The first-order valence-electron chi connectivity index (χ1n) is 7.11. The van der Waals surface area contributed by atoms with Gasteiger partial charge in [0.2, 0.25) is 0 Å². The SMILES string of the molecule is Cc1ccc(C(N)=O)c(OC(C)C(=O)Nc2ccc(F)c(F)c2)c1. The number of benzene rings is 2. The Hall–Kier alpha value is -2.96. The fraction of sp³-hybridized carbons (Fsp3) is 0.176. The summed E-state index contributed by atoms with van der Waals surface area (Å²) in [5, 5.41) is 2.41. The van der Waals surface area contributed by atoms with Crippen LogP contribution in [0, 0.1) is 18.6 Å².